The normalized spacial score (nSPS) is 15.0. The summed E-state index contributed by atoms with van der Waals surface area (Å²) < 4.78 is 23.5. The molecule has 0 aliphatic heterocycles. The number of carbonyl (C=O) groups excluding carboxylic acids is 1. The standard InChI is InChI=1S/C15H36O6Si4/c1-11-14(18-15(16)12-2)13-24(9,10)21-25(17,19-22(3,4)5)20-23(6,7)8/h12,14,17H,2,11,13H2,1,3-10H3. The first-order valence-electron chi connectivity index (χ1n) is 8.67. The minimum absolute atomic E-state index is 0.274. The molecule has 0 bridgehead atoms. The number of ether oxygens (including phenoxy) is 1. The van der Waals surface area contributed by atoms with E-state index < -0.39 is 40.0 Å². The van der Waals surface area contributed by atoms with Gasteiger partial charge in [0, 0.05) is 12.1 Å². The predicted molar refractivity (Wildman–Crippen MR) is 111 cm³/mol. The van der Waals surface area contributed by atoms with Crippen LogP contribution in [0.3, 0.4) is 0 Å². The molecule has 1 unspecified atom stereocenters. The van der Waals surface area contributed by atoms with Crippen molar-refractivity contribution in [3.63, 3.8) is 0 Å². The minimum Gasteiger partial charge on any atom is -0.459 e. The van der Waals surface area contributed by atoms with E-state index in [2.05, 4.69) is 6.58 Å². The van der Waals surface area contributed by atoms with Crippen LogP contribution >= 0.6 is 0 Å². The van der Waals surface area contributed by atoms with Gasteiger partial charge in [-0.3, -0.25) is 0 Å². The van der Waals surface area contributed by atoms with E-state index in [0.29, 0.717) is 12.5 Å². The maximum absolute atomic E-state index is 11.5. The highest BCUT2D eigenvalue weighted by molar-refractivity contribution is 6.87. The molecule has 0 aromatic carbocycles. The van der Waals surface area contributed by atoms with Gasteiger partial charge >= 0.3 is 15.0 Å². The average Bonchev–Trinajstić information content (AvgIpc) is 2.30. The molecule has 0 saturated carbocycles. The van der Waals surface area contributed by atoms with Gasteiger partial charge in [0.2, 0.25) is 0 Å². The molecule has 0 heterocycles. The number of esters is 1. The summed E-state index contributed by atoms with van der Waals surface area (Å²) in [6.07, 6.45) is 1.55. The molecular weight excluding hydrogens is 389 g/mol. The Hall–Kier alpha value is -0.0825. The van der Waals surface area contributed by atoms with Gasteiger partial charge in [-0.15, -0.1) is 0 Å². The van der Waals surface area contributed by atoms with Crippen LogP contribution in [-0.2, 0) is 21.9 Å². The molecule has 0 aliphatic rings. The lowest BCUT2D eigenvalue weighted by atomic mass is 10.3. The molecule has 6 nitrogen and oxygen atoms in total. The zero-order valence-corrected chi connectivity index (χ0v) is 21.3. The molecule has 148 valence electrons. The number of rotatable bonds is 11. The Morgan fingerprint density at radius 3 is 1.76 bits per heavy atom. The maximum Gasteiger partial charge on any atom is 0.644 e. The van der Waals surface area contributed by atoms with Crippen molar-refractivity contribution in [2.45, 2.75) is 77.9 Å². The lowest BCUT2D eigenvalue weighted by Crippen LogP contribution is -2.61. The quantitative estimate of drug-likeness (QED) is 0.308. The van der Waals surface area contributed by atoms with Gasteiger partial charge in [0.05, 0.1) is 0 Å². The lowest BCUT2D eigenvalue weighted by Gasteiger charge is -2.39. The Kier molecular flexibility index (Phi) is 9.19. The van der Waals surface area contributed by atoms with Crippen molar-refractivity contribution in [1.29, 1.82) is 0 Å². The Labute approximate surface area is 157 Å². The van der Waals surface area contributed by atoms with E-state index in [4.69, 9.17) is 17.1 Å². The SMILES string of the molecule is C=CC(=O)OC(CC)C[Si](C)(C)O[Si](O)(O[Si](C)(C)C)O[Si](C)(C)C. The first-order chi connectivity index (χ1) is 11.0. The van der Waals surface area contributed by atoms with Crippen molar-refractivity contribution < 1.29 is 26.7 Å². The first kappa shape index (κ1) is 24.9. The van der Waals surface area contributed by atoms with Crippen molar-refractivity contribution in [2.24, 2.45) is 0 Å². The smallest absolute Gasteiger partial charge is 0.459 e. The van der Waals surface area contributed by atoms with E-state index >= 15 is 0 Å². The van der Waals surface area contributed by atoms with Crippen LogP contribution in [0.15, 0.2) is 12.7 Å². The molecule has 10 heteroatoms. The molecular formula is C15H36O6Si4. The summed E-state index contributed by atoms with van der Waals surface area (Å²) in [4.78, 5) is 22.6. The van der Waals surface area contributed by atoms with Gasteiger partial charge in [-0.1, -0.05) is 13.5 Å². The van der Waals surface area contributed by atoms with Crippen LogP contribution in [0.25, 0.3) is 0 Å². The van der Waals surface area contributed by atoms with Gasteiger partial charge in [-0.05, 0) is 58.8 Å². The van der Waals surface area contributed by atoms with Crippen LogP contribution in [-0.4, -0.2) is 50.9 Å². The molecule has 1 N–H and O–H groups in total. The highest BCUT2D eigenvalue weighted by Gasteiger charge is 2.52. The van der Waals surface area contributed by atoms with E-state index in [1.54, 1.807) is 0 Å². The van der Waals surface area contributed by atoms with Gasteiger partial charge in [-0.2, -0.15) is 0 Å². The van der Waals surface area contributed by atoms with Crippen LogP contribution < -0.4 is 0 Å². The number of hydrogen-bond donors (Lipinski definition) is 1. The van der Waals surface area contributed by atoms with Gasteiger partial charge in [0.15, 0.2) is 25.0 Å². The molecule has 0 aromatic heterocycles. The second-order valence-corrected chi connectivity index (χ2v) is 24.6. The van der Waals surface area contributed by atoms with Crippen LogP contribution in [0.4, 0.5) is 0 Å². The molecule has 0 radical (unpaired) electrons. The van der Waals surface area contributed by atoms with Gasteiger partial charge in [-0.25, -0.2) is 4.79 Å². The van der Waals surface area contributed by atoms with E-state index in [0.717, 1.165) is 6.08 Å². The summed E-state index contributed by atoms with van der Waals surface area (Å²) >= 11 is 0. The summed E-state index contributed by atoms with van der Waals surface area (Å²) in [7, 11) is -10.3. The highest BCUT2D eigenvalue weighted by atomic mass is 28.5. The summed E-state index contributed by atoms with van der Waals surface area (Å²) in [6, 6.07) is 0.558. The van der Waals surface area contributed by atoms with Crippen molar-refractivity contribution in [1.82, 2.24) is 0 Å². The third kappa shape index (κ3) is 12.0. The number of carbonyl (C=O) groups is 1. The van der Waals surface area contributed by atoms with Crippen LogP contribution in [0.5, 0.6) is 0 Å². The summed E-state index contributed by atoms with van der Waals surface area (Å²) in [5, 5.41) is 0. The predicted octanol–water partition coefficient (Wildman–Crippen LogP) is 3.85. The van der Waals surface area contributed by atoms with Crippen molar-refractivity contribution >= 4 is 40.0 Å². The second kappa shape index (κ2) is 9.22. The minimum atomic E-state index is -3.76. The molecule has 0 saturated heterocycles. The molecule has 0 aliphatic carbocycles. The number of hydrogen-bond acceptors (Lipinski definition) is 6. The lowest BCUT2D eigenvalue weighted by molar-refractivity contribution is -0.142. The fraction of sp³-hybridized carbons (Fsp3) is 0.800. The molecule has 0 rings (SSSR count). The van der Waals surface area contributed by atoms with Gasteiger partial charge < -0.3 is 21.9 Å². The molecule has 0 fully saturated rings. The van der Waals surface area contributed by atoms with E-state index in [9.17, 15) is 9.59 Å². The van der Waals surface area contributed by atoms with Crippen LogP contribution in [0.1, 0.15) is 13.3 Å². The van der Waals surface area contributed by atoms with Crippen molar-refractivity contribution in [3.05, 3.63) is 12.7 Å². The Morgan fingerprint density at radius 2 is 1.44 bits per heavy atom. The monoisotopic (exact) mass is 424 g/mol. The summed E-state index contributed by atoms with van der Waals surface area (Å²) in [5.41, 5.74) is 0. The maximum atomic E-state index is 11.5. The third-order valence-electron chi connectivity index (χ3n) is 2.90. The van der Waals surface area contributed by atoms with Crippen molar-refractivity contribution in [2.75, 3.05) is 0 Å². The molecule has 0 aromatic rings. The fourth-order valence-corrected chi connectivity index (χ4v) is 14.7. The zero-order valence-electron chi connectivity index (χ0n) is 17.3. The molecule has 0 amide bonds. The second-order valence-electron chi connectivity index (χ2n) is 8.69. The third-order valence-corrected chi connectivity index (χ3v) is 14.5. The van der Waals surface area contributed by atoms with Crippen LogP contribution in [0.2, 0.25) is 58.4 Å². The molecule has 1 atom stereocenters. The summed E-state index contributed by atoms with van der Waals surface area (Å²) in [6.45, 7) is 21.3. The summed E-state index contributed by atoms with van der Waals surface area (Å²) in [5.74, 6) is -0.444. The van der Waals surface area contributed by atoms with Gasteiger partial charge in [0.1, 0.15) is 6.10 Å². The van der Waals surface area contributed by atoms with E-state index in [1.165, 1.54) is 0 Å². The average molecular weight is 425 g/mol. The largest absolute Gasteiger partial charge is 0.644 e. The van der Waals surface area contributed by atoms with E-state index in [-0.39, 0.29) is 6.10 Å². The Bertz CT molecular complexity index is 440. The van der Waals surface area contributed by atoms with Gasteiger partial charge in [0.25, 0.3) is 0 Å². The topological polar surface area (TPSA) is 74.2 Å². The first-order valence-corrected chi connectivity index (χ1v) is 20.3. The fourth-order valence-electron chi connectivity index (χ4n) is 2.26. The zero-order chi connectivity index (χ0) is 20.1. The van der Waals surface area contributed by atoms with E-state index in [1.807, 2.05) is 59.3 Å². The molecule has 0 spiro atoms. The Morgan fingerprint density at radius 1 is 1.00 bits per heavy atom. The van der Waals surface area contributed by atoms with Crippen LogP contribution in [0, 0.1) is 0 Å². The Balaban J connectivity index is 5.28. The van der Waals surface area contributed by atoms with Crippen molar-refractivity contribution in [3.8, 4) is 0 Å². The molecule has 25 heavy (non-hydrogen) atoms. The highest BCUT2D eigenvalue weighted by Crippen LogP contribution is 2.27.